The smallest absolute Gasteiger partial charge is 0.335 e. The molecular weight excluding hydrogens is 276 g/mol. The Labute approximate surface area is 130 Å². The lowest BCUT2D eigenvalue weighted by molar-refractivity contribution is 0.0697. The van der Waals surface area contributed by atoms with Crippen LogP contribution < -0.4 is 4.74 Å². The van der Waals surface area contributed by atoms with Crippen molar-refractivity contribution in [2.24, 2.45) is 0 Å². The minimum atomic E-state index is -0.908. The van der Waals surface area contributed by atoms with Gasteiger partial charge in [0.05, 0.1) is 12.2 Å². The van der Waals surface area contributed by atoms with E-state index in [1.54, 1.807) is 24.3 Å². The third-order valence-electron chi connectivity index (χ3n) is 3.27. The maximum Gasteiger partial charge on any atom is 0.335 e. The lowest BCUT2D eigenvalue weighted by atomic mass is 10.1. The van der Waals surface area contributed by atoms with Crippen molar-refractivity contribution >= 4 is 18.1 Å². The molecular formula is C19H20O3. The summed E-state index contributed by atoms with van der Waals surface area (Å²) in [6.45, 7) is 2.89. The molecule has 0 saturated carbocycles. The van der Waals surface area contributed by atoms with Gasteiger partial charge in [0.1, 0.15) is 5.75 Å². The Morgan fingerprint density at radius 2 is 1.55 bits per heavy atom. The predicted molar refractivity (Wildman–Crippen MR) is 89.2 cm³/mol. The van der Waals surface area contributed by atoms with Crippen molar-refractivity contribution in [2.75, 3.05) is 6.61 Å². The number of carbonyl (C=O) groups is 1. The molecule has 0 spiro atoms. The number of ether oxygens (including phenoxy) is 1. The van der Waals surface area contributed by atoms with Crippen LogP contribution in [0.25, 0.3) is 12.2 Å². The van der Waals surface area contributed by atoms with Gasteiger partial charge in [0, 0.05) is 0 Å². The van der Waals surface area contributed by atoms with E-state index >= 15 is 0 Å². The largest absolute Gasteiger partial charge is 0.494 e. The van der Waals surface area contributed by atoms with Gasteiger partial charge in [-0.25, -0.2) is 4.79 Å². The Balaban J connectivity index is 1.96. The second-order valence-corrected chi connectivity index (χ2v) is 5.03. The van der Waals surface area contributed by atoms with Crippen molar-refractivity contribution in [1.29, 1.82) is 0 Å². The van der Waals surface area contributed by atoms with Gasteiger partial charge in [-0.05, 0) is 41.8 Å². The second-order valence-electron chi connectivity index (χ2n) is 5.03. The zero-order chi connectivity index (χ0) is 15.8. The van der Waals surface area contributed by atoms with Crippen molar-refractivity contribution in [3.8, 4) is 5.75 Å². The first-order valence-electron chi connectivity index (χ1n) is 7.43. The molecule has 0 aromatic heterocycles. The number of rotatable bonds is 7. The van der Waals surface area contributed by atoms with Gasteiger partial charge in [0.2, 0.25) is 0 Å². The van der Waals surface area contributed by atoms with Gasteiger partial charge in [-0.1, -0.05) is 49.8 Å². The molecule has 0 heterocycles. The summed E-state index contributed by atoms with van der Waals surface area (Å²) in [6.07, 6.45) is 6.14. The second kappa shape index (κ2) is 8.03. The zero-order valence-electron chi connectivity index (χ0n) is 12.7. The minimum Gasteiger partial charge on any atom is -0.494 e. The van der Waals surface area contributed by atoms with Crippen LogP contribution in [0.4, 0.5) is 0 Å². The maximum absolute atomic E-state index is 10.8. The Hall–Kier alpha value is -2.55. The first-order chi connectivity index (χ1) is 10.7. The molecule has 3 heteroatoms. The summed E-state index contributed by atoms with van der Waals surface area (Å²) in [4.78, 5) is 10.8. The first-order valence-corrected chi connectivity index (χ1v) is 7.43. The van der Waals surface area contributed by atoms with Crippen molar-refractivity contribution in [2.45, 2.75) is 19.8 Å². The number of carboxylic acid groups (broad SMARTS) is 1. The van der Waals surface area contributed by atoms with Gasteiger partial charge >= 0.3 is 5.97 Å². The molecule has 0 aliphatic heterocycles. The lowest BCUT2D eigenvalue weighted by Gasteiger charge is -2.05. The highest BCUT2D eigenvalue weighted by atomic mass is 16.5. The lowest BCUT2D eigenvalue weighted by Crippen LogP contribution is -1.95. The summed E-state index contributed by atoms with van der Waals surface area (Å²) in [5.74, 6) is -0.0226. The van der Waals surface area contributed by atoms with Crippen LogP contribution in [0.15, 0.2) is 48.5 Å². The molecule has 3 nitrogen and oxygen atoms in total. The predicted octanol–water partition coefficient (Wildman–Crippen LogP) is 4.73. The molecule has 2 aromatic carbocycles. The van der Waals surface area contributed by atoms with E-state index < -0.39 is 5.97 Å². The number of aromatic carboxylic acids is 1. The molecule has 0 aliphatic rings. The summed E-state index contributed by atoms with van der Waals surface area (Å²) in [6, 6.07) is 14.7. The van der Waals surface area contributed by atoms with Gasteiger partial charge in [-0.15, -0.1) is 0 Å². The van der Waals surface area contributed by atoms with E-state index in [1.165, 1.54) is 0 Å². The van der Waals surface area contributed by atoms with Crippen LogP contribution in [0, 0.1) is 0 Å². The summed E-state index contributed by atoms with van der Waals surface area (Å²) in [5, 5.41) is 8.86. The fourth-order valence-corrected chi connectivity index (χ4v) is 1.94. The van der Waals surface area contributed by atoms with E-state index in [-0.39, 0.29) is 0 Å². The normalized spacial score (nSPS) is 10.8. The van der Waals surface area contributed by atoms with Gasteiger partial charge in [-0.3, -0.25) is 0 Å². The topological polar surface area (TPSA) is 46.5 Å². The molecule has 114 valence electrons. The fourth-order valence-electron chi connectivity index (χ4n) is 1.94. The molecule has 0 saturated heterocycles. The van der Waals surface area contributed by atoms with Crippen molar-refractivity contribution in [3.05, 3.63) is 65.2 Å². The van der Waals surface area contributed by atoms with E-state index in [0.29, 0.717) is 5.56 Å². The highest BCUT2D eigenvalue weighted by molar-refractivity contribution is 5.88. The molecule has 0 atom stereocenters. The molecule has 0 radical (unpaired) electrons. The van der Waals surface area contributed by atoms with Crippen LogP contribution in [-0.4, -0.2) is 17.7 Å². The Kier molecular flexibility index (Phi) is 5.78. The van der Waals surface area contributed by atoms with Crippen LogP contribution in [0.2, 0.25) is 0 Å². The van der Waals surface area contributed by atoms with E-state index in [9.17, 15) is 4.79 Å². The fraction of sp³-hybridized carbons (Fsp3) is 0.211. The molecule has 2 aromatic rings. The minimum absolute atomic E-state index is 0.297. The van der Waals surface area contributed by atoms with Crippen LogP contribution in [-0.2, 0) is 0 Å². The molecule has 1 N–H and O–H groups in total. The van der Waals surface area contributed by atoms with Crippen LogP contribution >= 0.6 is 0 Å². The number of hydrogen-bond donors (Lipinski definition) is 1. The first kappa shape index (κ1) is 15.8. The third-order valence-corrected chi connectivity index (χ3v) is 3.27. The average Bonchev–Trinajstić information content (AvgIpc) is 2.55. The van der Waals surface area contributed by atoms with Gasteiger partial charge in [0.15, 0.2) is 0 Å². The van der Waals surface area contributed by atoms with Gasteiger partial charge in [-0.2, -0.15) is 0 Å². The van der Waals surface area contributed by atoms with Gasteiger partial charge in [0.25, 0.3) is 0 Å². The molecule has 0 fully saturated rings. The van der Waals surface area contributed by atoms with E-state index in [4.69, 9.17) is 9.84 Å². The van der Waals surface area contributed by atoms with Crippen LogP contribution in [0.1, 0.15) is 41.3 Å². The maximum atomic E-state index is 10.8. The van der Waals surface area contributed by atoms with Crippen molar-refractivity contribution in [3.63, 3.8) is 0 Å². The highest BCUT2D eigenvalue weighted by Gasteiger charge is 2.00. The molecule has 0 unspecified atom stereocenters. The van der Waals surface area contributed by atoms with Crippen molar-refractivity contribution in [1.82, 2.24) is 0 Å². The molecule has 0 bridgehead atoms. The number of carboxylic acids is 1. The molecule has 22 heavy (non-hydrogen) atoms. The van der Waals surface area contributed by atoms with Crippen molar-refractivity contribution < 1.29 is 14.6 Å². The van der Waals surface area contributed by atoms with E-state index in [1.807, 2.05) is 36.4 Å². The standard InChI is InChI=1S/C19H20O3/c1-2-3-14-22-18-12-8-16(9-13-18)5-4-15-6-10-17(11-7-15)19(20)21/h4-13H,2-3,14H2,1H3,(H,20,21)/b5-4+. The van der Waals surface area contributed by atoms with E-state index in [0.717, 1.165) is 36.3 Å². The Bertz CT molecular complexity index is 625. The monoisotopic (exact) mass is 296 g/mol. The molecule has 0 amide bonds. The summed E-state index contributed by atoms with van der Waals surface area (Å²) in [5.41, 5.74) is 2.34. The third kappa shape index (κ3) is 4.77. The Morgan fingerprint density at radius 3 is 2.05 bits per heavy atom. The summed E-state index contributed by atoms with van der Waals surface area (Å²) < 4.78 is 5.62. The van der Waals surface area contributed by atoms with Crippen LogP contribution in [0.3, 0.4) is 0 Å². The molecule has 0 aliphatic carbocycles. The zero-order valence-corrected chi connectivity index (χ0v) is 12.7. The SMILES string of the molecule is CCCCOc1ccc(/C=C/c2ccc(C(=O)O)cc2)cc1. The summed E-state index contributed by atoms with van der Waals surface area (Å²) >= 11 is 0. The van der Waals surface area contributed by atoms with Crippen LogP contribution in [0.5, 0.6) is 5.75 Å². The summed E-state index contributed by atoms with van der Waals surface area (Å²) in [7, 11) is 0. The van der Waals surface area contributed by atoms with Gasteiger partial charge < -0.3 is 9.84 Å². The van der Waals surface area contributed by atoms with E-state index in [2.05, 4.69) is 6.92 Å². The Morgan fingerprint density at radius 1 is 1.00 bits per heavy atom. The number of benzene rings is 2. The number of hydrogen-bond acceptors (Lipinski definition) is 2. The quantitative estimate of drug-likeness (QED) is 0.593. The average molecular weight is 296 g/mol. The molecule has 2 rings (SSSR count). The number of unbranched alkanes of at least 4 members (excludes halogenated alkanes) is 1. The highest BCUT2D eigenvalue weighted by Crippen LogP contribution is 2.15.